The Kier molecular flexibility index (Phi) is 3.78. The smallest absolute Gasteiger partial charge is 0.301 e. The average Bonchev–Trinajstić information content (AvgIpc) is 2.79. The predicted octanol–water partition coefficient (Wildman–Crippen LogP) is 0.396. The Morgan fingerprint density at radius 1 is 1.24 bits per heavy atom. The van der Waals surface area contributed by atoms with Crippen LogP contribution in [0.3, 0.4) is 0 Å². The number of halogens is 1. The van der Waals surface area contributed by atoms with Gasteiger partial charge in [-0.3, -0.25) is 9.52 Å². The molecule has 114 valence electrons. The molecule has 9 heteroatoms. The number of hydrogen-bond donors (Lipinski definition) is 3. The molecule has 21 heavy (non-hydrogen) atoms. The number of amides is 1. The van der Waals surface area contributed by atoms with Gasteiger partial charge in [0.05, 0.1) is 17.1 Å². The Morgan fingerprint density at radius 3 is 2.67 bits per heavy atom. The van der Waals surface area contributed by atoms with Crippen LogP contribution in [0, 0.1) is 0 Å². The van der Waals surface area contributed by atoms with Crippen molar-refractivity contribution >= 4 is 39.1 Å². The van der Waals surface area contributed by atoms with Gasteiger partial charge < -0.3 is 10.6 Å². The van der Waals surface area contributed by atoms with Crippen LogP contribution < -0.4 is 15.4 Å². The molecule has 1 fully saturated rings. The standard InChI is InChI=1S/C12H15ClN4O3S/c13-9-7-10-8(6-12(18)15-10)5-11(9)16-21(19,20)17-3-1-14-2-4-17/h5,7,14,16H,1-4,6H2,(H,15,18). The third kappa shape index (κ3) is 2.98. The maximum Gasteiger partial charge on any atom is 0.301 e. The second kappa shape index (κ2) is 5.45. The van der Waals surface area contributed by atoms with E-state index in [1.165, 1.54) is 4.31 Å². The van der Waals surface area contributed by atoms with Crippen LogP contribution in [-0.4, -0.2) is 44.8 Å². The Bertz CT molecular complexity index is 686. The lowest BCUT2D eigenvalue weighted by molar-refractivity contribution is -0.115. The first-order valence-corrected chi connectivity index (χ1v) is 8.38. The fourth-order valence-electron chi connectivity index (χ4n) is 2.41. The Morgan fingerprint density at radius 2 is 1.95 bits per heavy atom. The minimum Gasteiger partial charge on any atom is -0.325 e. The van der Waals surface area contributed by atoms with Gasteiger partial charge in [-0.15, -0.1) is 0 Å². The van der Waals surface area contributed by atoms with Crippen molar-refractivity contribution in [1.82, 2.24) is 9.62 Å². The quantitative estimate of drug-likeness (QED) is 0.748. The van der Waals surface area contributed by atoms with Gasteiger partial charge in [-0.25, -0.2) is 0 Å². The van der Waals surface area contributed by atoms with E-state index in [4.69, 9.17) is 11.6 Å². The van der Waals surface area contributed by atoms with Crippen LogP contribution in [-0.2, 0) is 21.4 Å². The minimum absolute atomic E-state index is 0.122. The summed E-state index contributed by atoms with van der Waals surface area (Å²) >= 11 is 6.09. The first-order valence-electron chi connectivity index (χ1n) is 6.56. The fourth-order valence-corrected chi connectivity index (χ4v) is 3.92. The average molecular weight is 331 g/mol. The summed E-state index contributed by atoms with van der Waals surface area (Å²) in [6.45, 7) is 2.07. The van der Waals surface area contributed by atoms with Crippen molar-refractivity contribution in [3.8, 4) is 0 Å². The van der Waals surface area contributed by atoms with Crippen LogP contribution in [0.4, 0.5) is 11.4 Å². The van der Waals surface area contributed by atoms with Gasteiger partial charge in [0.1, 0.15) is 0 Å². The SMILES string of the molecule is O=C1Cc2cc(NS(=O)(=O)N3CCNCC3)c(Cl)cc2N1. The molecule has 1 saturated heterocycles. The van der Waals surface area contributed by atoms with Gasteiger partial charge in [0, 0.05) is 31.9 Å². The van der Waals surface area contributed by atoms with Gasteiger partial charge in [0.2, 0.25) is 5.91 Å². The topological polar surface area (TPSA) is 90.5 Å². The van der Waals surface area contributed by atoms with Gasteiger partial charge in [-0.2, -0.15) is 12.7 Å². The Labute approximate surface area is 127 Å². The Hall–Kier alpha value is -1.35. The van der Waals surface area contributed by atoms with Crippen LogP contribution in [0.1, 0.15) is 5.56 Å². The molecule has 0 spiro atoms. The van der Waals surface area contributed by atoms with E-state index in [0.717, 1.165) is 5.56 Å². The second-order valence-electron chi connectivity index (χ2n) is 4.97. The molecule has 0 unspecified atom stereocenters. The predicted molar refractivity (Wildman–Crippen MR) is 80.8 cm³/mol. The third-order valence-corrected chi connectivity index (χ3v) is 5.31. The zero-order chi connectivity index (χ0) is 15.0. The number of piperazine rings is 1. The van der Waals surface area contributed by atoms with E-state index in [0.29, 0.717) is 37.6 Å². The first kappa shape index (κ1) is 14.6. The summed E-state index contributed by atoms with van der Waals surface area (Å²) in [5.41, 5.74) is 1.67. The van der Waals surface area contributed by atoms with Gasteiger partial charge in [0.25, 0.3) is 0 Å². The Balaban J connectivity index is 1.85. The van der Waals surface area contributed by atoms with E-state index in [-0.39, 0.29) is 17.4 Å². The highest BCUT2D eigenvalue weighted by molar-refractivity contribution is 7.90. The molecule has 3 rings (SSSR count). The van der Waals surface area contributed by atoms with Crippen molar-refractivity contribution in [2.75, 3.05) is 36.2 Å². The van der Waals surface area contributed by atoms with E-state index in [2.05, 4.69) is 15.4 Å². The monoisotopic (exact) mass is 330 g/mol. The fraction of sp³-hybridized carbons (Fsp3) is 0.417. The maximum absolute atomic E-state index is 12.3. The molecule has 2 aliphatic heterocycles. The van der Waals surface area contributed by atoms with E-state index >= 15 is 0 Å². The molecular formula is C12H15ClN4O3S. The lowest BCUT2D eigenvalue weighted by atomic mass is 10.1. The molecule has 0 atom stereocenters. The summed E-state index contributed by atoms with van der Waals surface area (Å²) < 4.78 is 28.5. The molecule has 1 aromatic carbocycles. The van der Waals surface area contributed by atoms with Crippen molar-refractivity contribution in [2.24, 2.45) is 0 Å². The van der Waals surface area contributed by atoms with Crippen LogP contribution in [0.25, 0.3) is 0 Å². The summed E-state index contributed by atoms with van der Waals surface area (Å²) in [6, 6.07) is 3.17. The van der Waals surface area contributed by atoms with E-state index in [1.807, 2.05) is 0 Å². The molecule has 3 N–H and O–H groups in total. The number of hydrogen-bond acceptors (Lipinski definition) is 4. The van der Waals surface area contributed by atoms with Crippen molar-refractivity contribution < 1.29 is 13.2 Å². The minimum atomic E-state index is -3.64. The second-order valence-corrected chi connectivity index (χ2v) is 7.05. The van der Waals surface area contributed by atoms with Crippen molar-refractivity contribution in [2.45, 2.75) is 6.42 Å². The molecule has 1 amide bonds. The number of benzene rings is 1. The van der Waals surface area contributed by atoms with Crippen molar-refractivity contribution in [3.63, 3.8) is 0 Å². The number of rotatable bonds is 3. The van der Waals surface area contributed by atoms with E-state index in [9.17, 15) is 13.2 Å². The van der Waals surface area contributed by atoms with Gasteiger partial charge in [0.15, 0.2) is 0 Å². The molecule has 0 saturated carbocycles. The number of carbonyl (C=O) groups excluding carboxylic acids is 1. The number of anilines is 2. The zero-order valence-electron chi connectivity index (χ0n) is 11.1. The van der Waals surface area contributed by atoms with Crippen LogP contribution >= 0.6 is 11.6 Å². The number of nitrogens with one attached hydrogen (secondary N) is 3. The molecule has 7 nitrogen and oxygen atoms in total. The molecule has 1 aromatic rings. The van der Waals surface area contributed by atoms with E-state index in [1.54, 1.807) is 12.1 Å². The summed E-state index contributed by atoms with van der Waals surface area (Å²) in [5, 5.41) is 6.03. The summed E-state index contributed by atoms with van der Waals surface area (Å²) in [5.74, 6) is -0.122. The zero-order valence-corrected chi connectivity index (χ0v) is 12.7. The molecular weight excluding hydrogens is 316 g/mol. The lowest BCUT2D eigenvalue weighted by Gasteiger charge is -2.27. The number of fused-ring (bicyclic) bond motifs is 1. The summed E-state index contributed by atoms with van der Waals surface area (Å²) in [7, 11) is -3.64. The van der Waals surface area contributed by atoms with Crippen LogP contribution in [0.15, 0.2) is 12.1 Å². The molecule has 0 bridgehead atoms. The maximum atomic E-state index is 12.3. The van der Waals surface area contributed by atoms with Crippen LogP contribution in [0.2, 0.25) is 5.02 Å². The third-order valence-electron chi connectivity index (χ3n) is 3.47. The van der Waals surface area contributed by atoms with E-state index < -0.39 is 10.2 Å². The van der Waals surface area contributed by atoms with Gasteiger partial charge in [-0.05, 0) is 17.7 Å². The highest BCUT2D eigenvalue weighted by atomic mass is 35.5. The molecule has 0 aromatic heterocycles. The number of nitrogens with zero attached hydrogens (tertiary/aromatic N) is 1. The molecule has 0 radical (unpaired) electrons. The molecule has 0 aliphatic carbocycles. The normalized spacial score (nSPS) is 19.2. The molecule has 2 aliphatic rings. The highest BCUT2D eigenvalue weighted by Crippen LogP contribution is 2.33. The number of carbonyl (C=O) groups is 1. The summed E-state index contributed by atoms with van der Waals surface area (Å²) in [6.07, 6.45) is 0.231. The molecule has 2 heterocycles. The van der Waals surface area contributed by atoms with Crippen LogP contribution in [0.5, 0.6) is 0 Å². The van der Waals surface area contributed by atoms with Crippen molar-refractivity contribution in [3.05, 3.63) is 22.7 Å². The van der Waals surface area contributed by atoms with Gasteiger partial charge in [-0.1, -0.05) is 11.6 Å². The first-order chi connectivity index (χ1) is 9.95. The highest BCUT2D eigenvalue weighted by Gasteiger charge is 2.26. The van der Waals surface area contributed by atoms with Gasteiger partial charge >= 0.3 is 10.2 Å². The van der Waals surface area contributed by atoms with Crippen molar-refractivity contribution in [1.29, 1.82) is 0 Å². The largest absolute Gasteiger partial charge is 0.325 e. The lowest BCUT2D eigenvalue weighted by Crippen LogP contribution is -2.48. The summed E-state index contributed by atoms with van der Waals surface area (Å²) in [4.78, 5) is 11.3.